The molecule has 0 heterocycles. The second-order valence-corrected chi connectivity index (χ2v) is 4.47. The Morgan fingerprint density at radius 1 is 1.06 bits per heavy atom. The highest BCUT2D eigenvalue weighted by molar-refractivity contribution is 4.74. The van der Waals surface area contributed by atoms with E-state index < -0.39 is 18.2 Å². The van der Waals surface area contributed by atoms with Gasteiger partial charge in [-0.1, -0.05) is 6.92 Å². The summed E-state index contributed by atoms with van der Waals surface area (Å²) >= 11 is 0. The second-order valence-electron chi connectivity index (χ2n) is 4.47. The summed E-state index contributed by atoms with van der Waals surface area (Å²) in [5.41, 5.74) is -0.994. The van der Waals surface area contributed by atoms with Crippen molar-refractivity contribution in [3.05, 3.63) is 0 Å². The van der Waals surface area contributed by atoms with Crippen molar-refractivity contribution < 1.29 is 18.3 Å². The SMILES string of the molecule is CCCNCCC(C)(O)CCCC(F)(F)F. The van der Waals surface area contributed by atoms with Crippen LogP contribution in [0.15, 0.2) is 0 Å². The molecule has 0 saturated carbocycles. The zero-order chi connectivity index (χ0) is 12.7. The maximum atomic E-state index is 11.9. The number of alkyl halides is 3. The number of aliphatic hydroxyl groups is 1. The minimum absolute atomic E-state index is 0.00965. The molecule has 2 N–H and O–H groups in total. The molecule has 1 unspecified atom stereocenters. The Morgan fingerprint density at radius 3 is 2.19 bits per heavy atom. The molecule has 0 aromatic carbocycles. The number of halogens is 3. The molecule has 0 saturated heterocycles. The van der Waals surface area contributed by atoms with Crippen LogP contribution in [0.3, 0.4) is 0 Å². The molecule has 0 aromatic heterocycles. The van der Waals surface area contributed by atoms with Crippen LogP contribution in [0, 0.1) is 0 Å². The lowest BCUT2D eigenvalue weighted by molar-refractivity contribution is -0.137. The van der Waals surface area contributed by atoms with E-state index in [1.807, 2.05) is 6.92 Å². The van der Waals surface area contributed by atoms with Gasteiger partial charge in [-0.3, -0.25) is 0 Å². The van der Waals surface area contributed by atoms with Gasteiger partial charge in [0.05, 0.1) is 5.60 Å². The van der Waals surface area contributed by atoms with E-state index in [1.54, 1.807) is 6.92 Å². The zero-order valence-electron chi connectivity index (χ0n) is 10.0. The first-order valence-corrected chi connectivity index (χ1v) is 5.77. The largest absolute Gasteiger partial charge is 0.390 e. The third-order valence-corrected chi connectivity index (χ3v) is 2.44. The van der Waals surface area contributed by atoms with Gasteiger partial charge in [0.15, 0.2) is 0 Å². The van der Waals surface area contributed by atoms with Crippen LogP contribution < -0.4 is 5.32 Å². The molecule has 0 aliphatic rings. The summed E-state index contributed by atoms with van der Waals surface area (Å²) in [6.07, 6.45) is -3.24. The normalized spacial score (nSPS) is 16.1. The number of nitrogens with one attached hydrogen (secondary N) is 1. The third-order valence-electron chi connectivity index (χ3n) is 2.44. The van der Waals surface area contributed by atoms with Gasteiger partial charge in [0, 0.05) is 6.42 Å². The molecule has 1 atom stereocenters. The number of hydrogen-bond donors (Lipinski definition) is 2. The van der Waals surface area contributed by atoms with Crippen LogP contribution in [-0.4, -0.2) is 30.0 Å². The summed E-state index contributed by atoms with van der Waals surface area (Å²) < 4.78 is 35.7. The second kappa shape index (κ2) is 7.12. The van der Waals surface area contributed by atoms with Crippen molar-refractivity contribution in [2.45, 2.75) is 57.7 Å². The first kappa shape index (κ1) is 15.7. The highest BCUT2D eigenvalue weighted by Gasteiger charge is 2.28. The van der Waals surface area contributed by atoms with Gasteiger partial charge in [0.1, 0.15) is 0 Å². The van der Waals surface area contributed by atoms with Gasteiger partial charge < -0.3 is 10.4 Å². The molecule has 0 fully saturated rings. The monoisotopic (exact) mass is 241 g/mol. The Morgan fingerprint density at radius 2 is 1.69 bits per heavy atom. The minimum atomic E-state index is -4.11. The minimum Gasteiger partial charge on any atom is -0.390 e. The topological polar surface area (TPSA) is 32.3 Å². The van der Waals surface area contributed by atoms with Crippen LogP contribution in [0.25, 0.3) is 0 Å². The number of rotatable bonds is 8. The lowest BCUT2D eigenvalue weighted by atomic mass is 9.95. The van der Waals surface area contributed by atoms with Crippen LogP contribution in [0.5, 0.6) is 0 Å². The molecule has 0 aliphatic carbocycles. The zero-order valence-corrected chi connectivity index (χ0v) is 10.0. The Balaban J connectivity index is 3.62. The van der Waals surface area contributed by atoms with Gasteiger partial charge in [-0.15, -0.1) is 0 Å². The summed E-state index contributed by atoms with van der Waals surface area (Å²) in [4.78, 5) is 0. The van der Waals surface area contributed by atoms with Crippen LogP contribution in [0.4, 0.5) is 13.2 Å². The van der Waals surface area contributed by atoms with E-state index in [0.29, 0.717) is 13.0 Å². The fraction of sp³-hybridized carbons (Fsp3) is 1.00. The highest BCUT2D eigenvalue weighted by Crippen LogP contribution is 2.25. The summed E-state index contributed by atoms with van der Waals surface area (Å²) in [6, 6.07) is 0. The van der Waals surface area contributed by atoms with Gasteiger partial charge in [0.2, 0.25) is 0 Å². The maximum absolute atomic E-state index is 11.9. The lowest BCUT2D eigenvalue weighted by Gasteiger charge is -2.23. The van der Waals surface area contributed by atoms with Crippen molar-refractivity contribution in [3.8, 4) is 0 Å². The van der Waals surface area contributed by atoms with Gasteiger partial charge in [-0.25, -0.2) is 0 Å². The average Bonchev–Trinajstić information content (AvgIpc) is 2.10. The van der Waals surface area contributed by atoms with Crippen LogP contribution in [0.1, 0.15) is 46.0 Å². The Bertz CT molecular complexity index is 181. The highest BCUT2D eigenvalue weighted by atomic mass is 19.4. The predicted octanol–water partition coefficient (Wildman–Crippen LogP) is 2.86. The van der Waals surface area contributed by atoms with Crippen molar-refractivity contribution >= 4 is 0 Å². The molecular formula is C11H22F3NO. The molecule has 0 aliphatic heterocycles. The molecular weight excluding hydrogens is 219 g/mol. The third kappa shape index (κ3) is 10.2. The standard InChI is InChI=1S/C11H22F3NO/c1-3-8-15-9-7-10(2,16)5-4-6-11(12,13)14/h15-16H,3-9H2,1-2H3. The molecule has 0 amide bonds. The van der Waals surface area contributed by atoms with E-state index in [4.69, 9.17) is 0 Å². The van der Waals surface area contributed by atoms with E-state index in [9.17, 15) is 18.3 Å². The van der Waals surface area contributed by atoms with Crippen LogP contribution in [-0.2, 0) is 0 Å². The van der Waals surface area contributed by atoms with Gasteiger partial charge in [-0.2, -0.15) is 13.2 Å². The van der Waals surface area contributed by atoms with E-state index >= 15 is 0 Å². The molecule has 98 valence electrons. The Kier molecular flexibility index (Phi) is 6.99. The van der Waals surface area contributed by atoms with E-state index in [-0.39, 0.29) is 12.8 Å². The molecule has 0 radical (unpaired) electrons. The molecule has 5 heteroatoms. The average molecular weight is 241 g/mol. The molecule has 0 rings (SSSR count). The first-order valence-electron chi connectivity index (χ1n) is 5.77. The molecule has 2 nitrogen and oxygen atoms in total. The summed E-state index contributed by atoms with van der Waals surface area (Å²) in [6.45, 7) is 5.15. The van der Waals surface area contributed by atoms with Crippen molar-refractivity contribution in [1.29, 1.82) is 0 Å². The van der Waals surface area contributed by atoms with E-state index in [0.717, 1.165) is 13.0 Å². The predicted molar refractivity (Wildman–Crippen MR) is 58.3 cm³/mol. The lowest BCUT2D eigenvalue weighted by Crippen LogP contribution is -2.30. The van der Waals surface area contributed by atoms with Crippen molar-refractivity contribution in [2.75, 3.05) is 13.1 Å². The maximum Gasteiger partial charge on any atom is 0.389 e. The van der Waals surface area contributed by atoms with Crippen molar-refractivity contribution in [1.82, 2.24) is 5.32 Å². The quantitative estimate of drug-likeness (QED) is 0.640. The van der Waals surface area contributed by atoms with Crippen molar-refractivity contribution in [3.63, 3.8) is 0 Å². The number of hydrogen-bond acceptors (Lipinski definition) is 2. The Hall–Kier alpha value is -0.290. The Labute approximate surface area is 95.2 Å². The summed E-state index contributed by atoms with van der Waals surface area (Å²) in [5, 5.41) is 12.9. The van der Waals surface area contributed by atoms with Gasteiger partial charge in [-0.05, 0) is 45.7 Å². The van der Waals surface area contributed by atoms with E-state index in [1.165, 1.54) is 0 Å². The molecule has 0 bridgehead atoms. The first-order chi connectivity index (χ1) is 7.27. The van der Waals surface area contributed by atoms with Gasteiger partial charge >= 0.3 is 6.18 Å². The summed E-state index contributed by atoms with van der Waals surface area (Å²) in [7, 11) is 0. The van der Waals surface area contributed by atoms with Crippen LogP contribution in [0.2, 0.25) is 0 Å². The molecule has 0 spiro atoms. The molecule has 0 aromatic rings. The van der Waals surface area contributed by atoms with Gasteiger partial charge in [0.25, 0.3) is 0 Å². The summed E-state index contributed by atoms with van der Waals surface area (Å²) in [5.74, 6) is 0. The fourth-order valence-corrected chi connectivity index (χ4v) is 1.45. The van der Waals surface area contributed by atoms with Crippen molar-refractivity contribution in [2.24, 2.45) is 0 Å². The smallest absolute Gasteiger partial charge is 0.389 e. The van der Waals surface area contributed by atoms with E-state index in [2.05, 4.69) is 5.32 Å². The van der Waals surface area contributed by atoms with Crippen LogP contribution >= 0.6 is 0 Å². The fourth-order valence-electron chi connectivity index (χ4n) is 1.45. The molecule has 16 heavy (non-hydrogen) atoms.